The van der Waals surface area contributed by atoms with E-state index in [1.807, 2.05) is 0 Å². The molecule has 6 atom stereocenters. The summed E-state index contributed by atoms with van der Waals surface area (Å²) in [6.45, 7) is 0. The second-order valence-corrected chi connectivity index (χ2v) is 8.70. The summed E-state index contributed by atoms with van der Waals surface area (Å²) in [7, 11) is 1.56. The van der Waals surface area contributed by atoms with E-state index in [1.54, 1.807) is 43.5 Å². The van der Waals surface area contributed by atoms with E-state index in [2.05, 4.69) is 5.16 Å². The Bertz CT molecular complexity index is 1180. The van der Waals surface area contributed by atoms with Crippen molar-refractivity contribution in [1.29, 1.82) is 0 Å². The minimum Gasteiger partial charge on any atom is -0.497 e. The van der Waals surface area contributed by atoms with Gasteiger partial charge in [-0.2, -0.15) is 0 Å². The van der Waals surface area contributed by atoms with Crippen LogP contribution in [0.5, 0.6) is 5.75 Å². The number of benzene rings is 2. The summed E-state index contributed by atoms with van der Waals surface area (Å²) in [5.74, 6) is -0.729. The molecule has 2 saturated carbocycles. The lowest BCUT2D eigenvalue weighted by Crippen LogP contribution is -2.41. The molecule has 9 heteroatoms. The highest BCUT2D eigenvalue weighted by Crippen LogP contribution is 2.62. The van der Waals surface area contributed by atoms with Gasteiger partial charge in [0.25, 0.3) is 5.69 Å². The van der Waals surface area contributed by atoms with Gasteiger partial charge < -0.3 is 9.57 Å². The number of carbonyl (C=O) groups is 2. The Morgan fingerprint density at radius 3 is 2.28 bits per heavy atom. The van der Waals surface area contributed by atoms with Crippen molar-refractivity contribution in [3.8, 4) is 5.75 Å². The number of carbonyl (C=O) groups excluding carboxylic acids is 2. The van der Waals surface area contributed by atoms with Gasteiger partial charge in [-0.1, -0.05) is 5.16 Å². The van der Waals surface area contributed by atoms with Crippen molar-refractivity contribution in [2.75, 3.05) is 12.0 Å². The van der Waals surface area contributed by atoms with Crippen LogP contribution in [0.3, 0.4) is 0 Å². The SMILES string of the molecule is COc1ccc(N2C(=O)[C@H]3[C@@H]4C[C@@H]([C@H]5C(c6ccc([N+](=O)[O-])cc6)=NO[C@H]45)[C@@H]3C2=O)cc1. The van der Waals surface area contributed by atoms with Crippen molar-refractivity contribution in [2.45, 2.75) is 12.5 Å². The molecule has 2 amide bonds. The fourth-order valence-electron chi connectivity index (χ4n) is 6.10. The maximum Gasteiger partial charge on any atom is 0.269 e. The zero-order valence-corrected chi connectivity index (χ0v) is 17.1. The zero-order valence-electron chi connectivity index (χ0n) is 17.1. The summed E-state index contributed by atoms with van der Waals surface area (Å²) in [6, 6.07) is 13.1. The van der Waals surface area contributed by atoms with Crippen LogP contribution in [0, 0.1) is 39.7 Å². The van der Waals surface area contributed by atoms with Crippen LogP contribution in [0.15, 0.2) is 53.7 Å². The van der Waals surface area contributed by atoms with Crippen molar-refractivity contribution in [3.63, 3.8) is 0 Å². The van der Waals surface area contributed by atoms with Gasteiger partial charge in [0.15, 0.2) is 0 Å². The maximum absolute atomic E-state index is 13.4. The van der Waals surface area contributed by atoms with Gasteiger partial charge in [0.1, 0.15) is 11.9 Å². The molecule has 1 saturated heterocycles. The Labute approximate surface area is 182 Å². The molecule has 2 aliphatic heterocycles. The number of anilines is 1. The molecule has 2 aliphatic carbocycles. The lowest BCUT2D eigenvalue weighted by molar-refractivity contribution is -0.384. The number of hydrogen-bond acceptors (Lipinski definition) is 7. The molecule has 0 N–H and O–H groups in total. The van der Waals surface area contributed by atoms with E-state index >= 15 is 0 Å². The molecule has 9 nitrogen and oxygen atoms in total. The second-order valence-electron chi connectivity index (χ2n) is 8.70. The van der Waals surface area contributed by atoms with E-state index in [-0.39, 0.29) is 41.4 Å². The topological polar surface area (TPSA) is 111 Å². The standard InChI is InChI=1S/C23H19N3O6/c1-31-14-8-6-12(7-9-14)25-22(27)17-15-10-16(18(17)23(25)28)21-19(15)20(24-32-21)11-2-4-13(5-3-11)26(29)30/h2-9,15-19,21H,10H2,1H3/t15-,16+,17+,18+,19+,21-/m1/s1. The molecule has 6 rings (SSSR count). The average Bonchev–Trinajstić information content (AvgIpc) is 3.54. The number of ether oxygens (including phenoxy) is 1. The first kappa shape index (κ1) is 19.0. The highest BCUT2D eigenvalue weighted by molar-refractivity contribution is 6.23. The molecule has 2 aromatic rings. The fraction of sp³-hybridized carbons (Fsp3) is 0.348. The Kier molecular flexibility index (Phi) is 3.93. The molecule has 0 radical (unpaired) electrons. The number of methoxy groups -OCH3 is 1. The summed E-state index contributed by atoms with van der Waals surface area (Å²) in [4.78, 5) is 44.3. The summed E-state index contributed by atoms with van der Waals surface area (Å²) in [5.41, 5.74) is 2.00. The third-order valence-corrected chi connectivity index (χ3v) is 7.40. The first-order chi connectivity index (χ1) is 15.5. The summed E-state index contributed by atoms with van der Waals surface area (Å²) >= 11 is 0. The summed E-state index contributed by atoms with van der Waals surface area (Å²) < 4.78 is 5.17. The van der Waals surface area contributed by atoms with Crippen molar-refractivity contribution in [1.82, 2.24) is 0 Å². The van der Waals surface area contributed by atoms with Gasteiger partial charge >= 0.3 is 0 Å². The molecule has 162 valence electrons. The highest BCUT2D eigenvalue weighted by atomic mass is 16.6. The third kappa shape index (κ3) is 2.41. The van der Waals surface area contributed by atoms with Crippen LogP contribution in [0.4, 0.5) is 11.4 Å². The number of hydrogen-bond donors (Lipinski definition) is 0. The Morgan fingerprint density at radius 2 is 1.66 bits per heavy atom. The van der Waals surface area contributed by atoms with Gasteiger partial charge in [0.05, 0.1) is 35.3 Å². The fourth-order valence-corrected chi connectivity index (χ4v) is 6.10. The number of nitro groups is 1. The van der Waals surface area contributed by atoms with Gasteiger partial charge in [-0.25, -0.2) is 0 Å². The predicted octanol–water partition coefficient (Wildman–Crippen LogP) is 2.78. The molecule has 0 aromatic heterocycles. The van der Waals surface area contributed by atoms with E-state index < -0.39 is 16.8 Å². The first-order valence-corrected chi connectivity index (χ1v) is 10.5. The Morgan fingerprint density at radius 1 is 1.00 bits per heavy atom. The van der Waals surface area contributed by atoms with Crippen LogP contribution in [-0.2, 0) is 14.4 Å². The molecule has 2 aromatic carbocycles. The number of nitro benzene ring substituents is 1. The number of rotatable bonds is 4. The minimum absolute atomic E-state index is 0.00419. The number of nitrogens with zero attached hydrogens (tertiary/aromatic N) is 3. The van der Waals surface area contributed by atoms with Gasteiger partial charge in [0, 0.05) is 29.5 Å². The molecule has 32 heavy (non-hydrogen) atoms. The Hall–Kier alpha value is -3.75. The normalized spacial score (nSPS) is 31.9. The van der Waals surface area contributed by atoms with Crippen molar-refractivity contribution >= 4 is 28.9 Å². The van der Waals surface area contributed by atoms with Crippen LogP contribution in [0.1, 0.15) is 12.0 Å². The van der Waals surface area contributed by atoms with Crippen LogP contribution >= 0.6 is 0 Å². The number of non-ortho nitro benzene ring substituents is 1. The molecule has 0 spiro atoms. The molecular weight excluding hydrogens is 414 g/mol. The van der Waals surface area contributed by atoms with E-state index in [0.717, 1.165) is 12.0 Å². The molecule has 2 bridgehead atoms. The van der Waals surface area contributed by atoms with Crippen LogP contribution < -0.4 is 9.64 Å². The van der Waals surface area contributed by atoms with E-state index in [4.69, 9.17) is 9.57 Å². The van der Waals surface area contributed by atoms with Crippen LogP contribution in [-0.4, -0.2) is 35.7 Å². The lowest BCUT2D eigenvalue weighted by atomic mass is 9.71. The van der Waals surface area contributed by atoms with Gasteiger partial charge in [0.2, 0.25) is 11.8 Å². The van der Waals surface area contributed by atoms with Crippen LogP contribution in [0.2, 0.25) is 0 Å². The molecule has 0 unspecified atom stereocenters. The van der Waals surface area contributed by atoms with Crippen molar-refractivity contribution in [3.05, 3.63) is 64.2 Å². The van der Waals surface area contributed by atoms with Crippen molar-refractivity contribution in [2.24, 2.45) is 34.7 Å². The lowest BCUT2D eigenvalue weighted by Gasteiger charge is -2.29. The Balaban J connectivity index is 1.30. The highest BCUT2D eigenvalue weighted by Gasteiger charge is 2.70. The quantitative estimate of drug-likeness (QED) is 0.416. The minimum atomic E-state index is -0.446. The van der Waals surface area contributed by atoms with E-state index in [0.29, 0.717) is 17.1 Å². The number of fused-ring (bicyclic) bond motifs is 8. The largest absolute Gasteiger partial charge is 0.497 e. The molecule has 4 aliphatic rings. The van der Waals surface area contributed by atoms with Gasteiger partial charge in [-0.15, -0.1) is 0 Å². The predicted molar refractivity (Wildman–Crippen MR) is 112 cm³/mol. The van der Waals surface area contributed by atoms with E-state index in [9.17, 15) is 19.7 Å². The van der Waals surface area contributed by atoms with Gasteiger partial charge in [-0.3, -0.25) is 24.6 Å². The monoisotopic (exact) mass is 433 g/mol. The third-order valence-electron chi connectivity index (χ3n) is 7.40. The number of oxime groups is 1. The van der Waals surface area contributed by atoms with Crippen LogP contribution in [0.25, 0.3) is 0 Å². The molecule has 3 fully saturated rings. The first-order valence-electron chi connectivity index (χ1n) is 10.5. The van der Waals surface area contributed by atoms with Crippen molar-refractivity contribution < 1.29 is 24.1 Å². The zero-order chi connectivity index (χ0) is 22.1. The average molecular weight is 433 g/mol. The number of amides is 2. The second kappa shape index (κ2) is 6.62. The molecular formula is C23H19N3O6. The summed E-state index contributed by atoms with van der Waals surface area (Å²) in [5, 5.41) is 15.2. The summed E-state index contributed by atoms with van der Waals surface area (Å²) in [6.07, 6.45) is 0.490. The van der Waals surface area contributed by atoms with E-state index in [1.165, 1.54) is 17.0 Å². The van der Waals surface area contributed by atoms with Gasteiger partial charge in [-0.05, 0) is 48.7 Å². The number of imide groups is 1. The molecule has 2 heterocycles. The smallest absolute Gasteiger partial charge is 0.269 e. The maximum atomic E-state index is 13.4.